The first-order chi connectivity index (χ1) is 12.7. The first kappa shape index (κ1) is 21.6. The number of hydrogen-bond donors (Lipinski definition) is 2. The maximum absolute atomic E-state index is 5.79. The van der Waals surface area contributed by atoms with Crippen molar-refractivity contribution in [1.29, 1.82) is 0 Å². The summed E-state index contributed by atoms with van der Waals surface area (Å²) >= 11 is 0. The molecule has 2 N–H and O–H groups in total. The second kappa shape index (κ2) is 11.3. The first-order valence-corrected chi connectivity index (χ1v) is 9.03. The van der Waals surface area contributed by atoms with E-state index in [9.17, 15) is 0 Å². The number of morpholine rings is 1. The number of nitrogens with one attached hydrogen (secondary N) is 2. The Kier molecular flexibility index (Phi) is 9.02. The number of hydrogen-bond acceptors (Lipinski definition) is 4. The fraction of sp³-hybridized carbons (Fsp3) is 0.474. The first-order valence-electron chi connectivity index (χ1n) is 9.03. The topological polar surface area (TPSA) is 66.7 Å². The highest BCUT2D eigenvalue weighted by Crippen LogP contribution is 2.10. The lowest BCUT2D eigenvalue weighted by Crippen LogP contribution is -2.48. The smallest absolute Gasteiger partial charge is 0.191 e. The summed E-state index contributed by atoms with van der Waals surface area (Å²) in [6.45, 7) is 4.95. The molecule has 1 unspecified atom stereocenters. The summed E-state index contributed by atoms with van der Waals surface area (Å²) in [5.41, 5.74) is 2.48. The molecule has 0 amide bonds. The summed E-state index contributed by atoms with van der Waals surface area (Å²) in [6.07, 6.45) is 3.97. The molecule has 1 saturated heterocycles. The van der Waals surface area contributed by atoms with E-state index in [0.717, 1.165) is 38.7 Å². The van der Waals surface area contributed by atoms with E-state index < -0.39 is 0 Å². The second-order valence-electron chi connectivity index (χ2n) is 6.53. The van der Waals surface area contributed by atoms with Crippen LogP contribution in [0.2, 0.25) is 0 Å². The lowest BCUT2D eigenvalue weighted by molar-refractivity contribution is -0.0161. The molecule has 0 radical (unpaired) electrons. The van der Waals surface area contributed by atoms with Crippen LogP contribution in [0.3, 0.4) is 0 Å². The van der Waals surface area contributed by atoms with E-state index in [4.69, 9.17) is 4.74 Å². The molecular weight excluding hydrogens is 455 g/mol. The fourth-order valence-electron chi connectivity index (χ4n) is 3.05. The molecule has 0 bridgehead atoms. The van der Waals surface area contributed by atoms with Crippen LogP contribution in [-0.2, 0) is 17.8 Å². The molecule has 8 heteroatoms. The standard InChI is InChI=1S/C19H28N6O.HI/c1-20-19(22-13-18-15-24(2)10-11-26-18)21-12-16-6-3-4-7-17(16)14-25-9-5-8-23-25;/h3-9,18H,10-15H2,1-2H3,(H2,20,21,22);1H. The SMILES string of the molecule is CN=C(NCc1ccccc1Cn1cccn1)NCC1CN(C)CCO1.I. The third-order valence-electron chi connectivity index (χ3n) is 4.52. The Labute approximate surface area is 178 Å². The Morgan fingerprint density at radius 3 is 2.78 bits per heavy atom. The van der Waals surface area contributed by atoms with Gasteiger partial charge in [0.05, 0.1) is 19.3 Å². The van der Waals surface area contributed by atoms with Gasteiger partial charge in [-0.1, -0.05) is 24.3 Å². The number of halogens is 1. The third-order valence-corrected chi connectivity index (χ3v) is 4.52. The van der Waals surface area contributed by atoms with Gasteiger partial charge in [-0.05, 0) is 24.2 Å². The summed E-state index contributed by atoms with van der Waals surface area (Å²) in [5, 5.41) is 11.1. The number of guanidine groups is 1. The molecule has 148 valence electrons. The number of likely N-dealkylation sites (N-methyl/N-ethyl adjacent to an activating group) is 1. The van der Waals surface area contributed by atoms with E-state index in [2.05, 4.69) is 56.9 Å². The molecule has 7 nitrogen and oxygen atoms in total. The highest BCUT2D eigenvalue weighted by molar-refractivity contribution is 14.0. The summed E-state index contributed by atoms with van der Waals surface area (Å²) < 4.78 is 7.72. The number of aliphatic imine (C=N–C) groups is 1. The summed E-state index contributed by atoms with van der Waals surface area (Å²) in [4.78, 5) is 6.61. The molecule has 27 heavy (non-hydrogen) atoms. The molecule has 0 saturated carbocycles. The van der Waals surface area contributed by atoms with Crippen molar-refractivity contribution in [1.82, 2.24) is 25.3 Å². The van der Waals surface area contributed by atoms with Crippen molar-refractivity contribution in [3.8, 4) is 0 Å². The molecule has 0 aliphatic carbocycles. The minimum absolute atomic E-state index is 0. The number of benzene rings is 1. The van der Waals surface area contributed by atoms with Crippen LogP contribution in [0, 0.1) is 0 Å². The quantitative estimate of drug-likeness (QED) is 0.370. The zero-order chi connectivity index (χ0) is 18.2. The van der Waals surface area contributed by atoms with Gasteiger partial charge in [-0.3, -0.25) is 9.67 Å². The Balaban J connectivity index is 0.00000261. The van der Waals surface area contributed by atoms with Crippen molar-refractivity contribution < 1.29 is 4.74 Å². The van der Waals surface area contributed by atoms with Crippen molar-refractivity contribution in [2.75, 3.05) is 40.3 Å². The number of ether oxygens (including phenoxy) is 1. The molecule has 3 rings (SSSR count). The molecular formula is C19H29IN6O. The van der Waals surface area contributed by atoms with Crippen molar-refractivity contribution in [2.24, 2.45) is 4.99 Å². The highest BCUT2D eigenvalue weighted by Gasteiger charge is 2.17. The van der Waals surface area contributed by atoms with Crippen LogP contribution in [0.1, 0.15) is 11.1 Å². The molecule has 1 aromatic carbocycles. The summed E-state index contributed by atoms with van der Waals surface area (Å²) in [7, 11) is 3.91. The summed E-state index contributed by atoms with van der Waals surface area (Å²) in [5.74, 6) is 0.788. The van der Waals surface area contributed by atoms with Crippen LogP contribution in [-0.4, -0.2) is 67.1 Å². The molecule has 1 aliphatic rings. The largest absolute Gasteiger partial charge is 0.374 e. The lowest BCUT2D eigenvalue weighted by Gasteiger charge is -2.30. The van der Waals surface area contributed by atoms with E-state index in [0.29, 0.717) is 6.54 Å². The zero-order valence-corrected chi connectivity index (χ0v) is 18.3. The van der Waals surface area contributed by atoms with Crippen LogP contribution in [0.15, 0.2) is 47.7 Å². The van der Waals surface area contributed by atoms with Gasteiger partial charge in [-0.15, -0.1) is 24.0 Å². The Bertz CT molecular complexity index is 706. The van der Waals surface area contributed by atoms with Gasteiger partial charge in [0, 0.05) is 45.6 Å². The maximum atomic E-state index is 5.79. The molecule has 2 heterocycles. The van der Waals surface area contributed by atoms with Crippen LogP contribution in [0.5, 0.6) is 0 Å². The molecule has 1 aliphatic heterocycles. The fourth-order valence-corrected chi connectivity index (χ4v) is 3.05. The second-order valence-corrected chi connectivity index (χ2v) is 6.53. The van der Waals surface area contributed by atoms with Crippen LogP contribution < -0.4 is 10.6 Å². The maximum Gasteiger partial charge on any atom is 0.191 e. The molecule has 1 aromatic heterocycles. The Morgan fingerprint density at radius 2 is 2.07 bits per heavy atom. The molecule has 0 spiro atoms. The number of rotatable bonds is 6. The average Bonchev–Trinajstić information content (AvgIpc) is 3.16. The molecule has 1 fully saturated rings. The predicted molar refractivity (Wildman–Crippen MR) is 119 cm³/mol. The number of aromatic nitrogens is 2. The highest BCUT2D eigenvalue weighted by atomic mass is 127. The van der Waals surface area contributed by atoms with Crippen molar-refractivity contribution in [3.63, 3.8) is 0 Å². The predicted octanol–water partition coefficient (Wildman–Crippen LogP) is 1.54. The third kappa shape index (κ3) is 6.78. The molecule has 2 aromatic rings. The van der Waals surface area contributed by atoms with Gasteiger partial charge in [-0.2, -0.15) is 5.10 Å². The minimum atomic E-state index is 0. The van der Waals surface area contributed by atoms with E-state index >= 15 is 0 Å². The van der Waals surface area contributed by atoms with Crippen molar-refractivity contribution in [2.45, 2.75) is 19.2 Å². The minimum Gasteiger partial charge on any atom is -0.374 e. The monoisotopic (exact) mass is 484 g/mol. The molecule has 1 atom stereocenters. The van der Waals surface area contributed by atoms with Gasteiger partial charge < -0.3 is 20.3 Å². The van der Waals surface area contributed by atoms with Crippen molar-refractivity contribution >= 4 is 29.9 Å². The van der Waals surface area contributed by atoms with Gasteiger partial charge in [0.15, 0.2) is 5.96 Å². The van der Waals surface area contributed by atoms with E-state index in [1.54, 1.807) is 13.2 Å². The van der Waals surface area contributed by atoms with E-state index in [1.165, 1.54) is 11.1 Å². The number of nitrogens with zero attached hydrogens (tertiary/aromatic N) is 4. The van der Waals surface area contributed by atoms with Crippen molar-refractivity contribution in [3.05, 3.63) is 53.9 Å². The average molecular weight is 484 g/mol. The lowest BCUT2D eigenvalue weighted by atomic mass is 10.1. The van der Waals surface area contributed by atoms with Crippen LogP contribution in [0.25, 0.3) is 0 Å². The van der Waals surface area contributed by atoms with Gasteiger partial charge >= 0.3 is 0 Å². The van der Waals surface area contributed by atoms with Crippen LogP contribution >= 0.6 is 24.0 Å². The normalized spacial score (nSPS) is 18.0. The van der Waals surface area contributed by atoms with E-state index in [1.807, 2.05) is 16.9 Å². The van der Waals surface area contributed by atoms with E-state index in [-0.39, 0.29) is 30.1 Å². The summed E-state index contributed by atoms with van der Waals surface area (Å²) in [6, 6.07) is 10.3. The van der Waals surface area contributed by atoms with Gasteiger partial charge in [0.25, 0.3) is 0 Å². The van der Waals surface area contributed by atoms with Gasteiger partial charge in [0.1, 0.15) is 0 Å². The van der Waals surface area contributed by atoms with Gasteiger partial charge in [-0.25, -0.2) is 0 Å². The Hall–Kier alpha value is -1.65. The zero-order valence-electron chi connectivity index (χ0n) is 16.0. The Morgan fingerprint density at radius 1 is 1.26 bits per heavy atom. The van der Waals surface area contributed by atoms with Gasteiger partial charge in [0.2, 0.25) is 0 Å². The van der Waals surface area contributed by atoms with Crippen LogP contribution in [0.4, 0.5) is 0 Å².